The molecule has 2 rings (SSSR count). The topological polar surface area (TPSA) is 56.4 Å². The summed E-state index contributed by atoms with van der Waals surface area (Å²) in [5, 5.41) is 0. The number of nitrogens with one attached hydrogen (secondary N) is 1. The number of H-pyrrole nitrogens is 1. The van der Waals surface area contributed by atoms with Crippen LogP contribution >= 0.6 is 0 Å². The van der Waals surface area contributed by atoms with Gasteiger partial charge >= 0.3 is 0 Å². The van der Waals surface area contributed by atoms with Gasteiger partial charge in [0.1, 0.15) is 0 Å². The van der Waals surface area contributed by atoms with E-state index in [9.17, 15) is 9.59 Å². The number of rotatable bonds is 3. The molecule has 2 heterocycles. The SMILES string of the molecule is CC(=O)N1CCCN(CC(=O)c2ccc[nH]2)CC1. The highest BCUT2D eigenvalue weighted by molar-refractivity contribution is 5.95. The van der Waals surface area contributed by atoms with Crippen molar-refractivity contribution >= 4 is 11.7 Å². The lowest BCUT2D eigenvalue weighted by molar-refractivity contribution is -0.128. The summed E-state index contributed by atoms with van der Waals surface area (Å²) in [6.45, 7) is 5.17. The predicted molar refractivity (Wildman–Crippen MR) is 68.4 cm³/mol. The van der Waals surface area contributed by atoms with Gasteiger partial charge in [0.05, 0.1) is 12.2 Å². The molecule has 0 atom stereocenters. The van der Waals surface area contributed by atoms with E-state index in [4.69, 9.17) is 0 Å². The molecule has 1 aromatic heterocycles. The molecule has 1 amide bonds. The van der Waals surface area contributed by atoms with Gasteiger partial charge in [0.15, 0.2) is 5.78 Å². The van der Waals surface area contributed by atoms with Crippen LogP contribution in [0.3, 0.4) is 0 Å². The second kappa shape index (κ2) is 5.82. The minimum atomic E-state index is 0.108. The van der Waals surface area contributed by atoms with E-state index in [1.54, 1.807) is 19.2 Å². The second-order valence-electron chi connectivity index (χ2n) is 4.64. The Balaban J connectivity index is 1.87. The van der Waals surface area contributed by atoms with Gasteiger partial charge in [-0.25, -0.2) is 0 Å². The minimum absolute atomic E-state index is 0.108. The lowest BCUT2D eigenvalue weighted by Gasteiger charge is -2.20. The lowest BCUT2D eigenvalue weighted by atomic mass is 10.2. The minimum Gasteiger partial charge on any atom is -0.359 e. The van der Waals surface area contributed by atoms with Crippen molar-refractivity contribution in [3.8, 4) is 0 Å². The highest BCUT2D eigenvalue weighted by Crippen LogP contribution is 2.05. The quantitative estimate of drug-likeness (QED) is 0.804. The maximum absolute atomic E-state index is 11.9. The number of carbonyl (C=O) groups excluding carboxylic acids is 2. The summed E-state index contributed by atoms with van der Waals surface area (Å²) < 4.78 is 0. The molecule has 1 fully saturated rings. The van der Waals surface area contributed by atoms with Crippen LogP contribution in [0.25, 0.3) is 0 Å². The highest BCUT2D eigenvalue weighted by atomic mass is 16.2. The van der Waals surface area contributed by atoms with E-state index in [0.717, 1.165) is 26.1 Å². The van der Waals surface area contributed by atoms with Crippen LogP contribution < -0.4 is 0 Å². The molecule has 0 spiro atoms. The van der Waals surface area contributed by atoms with Crippen molar-refractivity contribution in [3.63, 3.8) is 0 Å². The van der Waals surface area contributed by atoms with E-state index in [2.05, 4.69) is 9.88 Å². The smallest absolute Gasteiger partial charge is 0.219 e. The van der Waals surface area contributed by atoms with Gasteiger partial charge in [-0.2, -0.15) is 0 Å². The van der Waals surface area contributed by atoms with E-state index in [1.807, 2.05) is 11.0 Å². The van der Waals surface area contributed by atoms with Crippen LogP contribution in [0.15, 0.2) is 18.3 Å². The number of Topliss-reactive ketones (excluding diaryl/α,β-unsaturated/α-hetero) is 1. The number of amides is 1. The Kier molecular flexibility index (Phi) is 4.15. The highest BCUT2D eigenvalue weighted by Gasteiger charge is 2.19. The number of aromatic amines is 1. The van der Waals surface area contributed by atoms with E-state index in [-0.39, 0.29) is 11.7 Å². The average Bonchev–Trinajstić information content (AvgIpc) is 2.77. The van der Waals surface area contributed by atoms with Crippen LogP contribution in [0, 0.1) is 0 Å². The molecule has 1 saturated heterocycles. The van der Waals surface area contributed by atoms with E-state index in [0.29, 0.717) is 18.8 Å². The third kappa shape index (κ3) is 3.20. The van der Waals surface area contributed by atoms with Gasteiger partial charge < -0.3 is 9.88 Å². The van der Waals surface area contributed by atoms with Gasteiger partial charge in [0.25, 0.3) is 0 Å². The zero-order valence-electron chi connectivity index (χ0n) is 10.7. The Morgan fingerprint density at radius 1 is 1.28 bits per heavy atom. The van der Waals surface area contributed by atoms with Crippen LogP contribution in [0.2, 0.25) is 0 Å². The van der Waals surface area contributed by atoms with Crippen molar-refractivity contribution in [2.45, 2.75) is 13.3 Å². The predicted octanol–water partition coefficient (Wildman–Crippen LogP) is 0.752. The molecule has 0 bridgehead atoms. The first kappa shape index (κ1) is 12.8. The van der Waals surface area contributed by atoms with Crippen molar-refractivity contribution in [2.75, 3.05) is 32.7 Å². The van der Waals surface area contributed by atoms with Crippen LogP contribution in [-0.4, -0.2) is 59.2 Å². The lowest BCUT2D eigenvalue weighted by Crippen LogP contribution is -2.35. The molecule has 1 aromatic rings. The summed E-state index contributed by atoms with van der Waals surface area (Å²) in [5.41, 5.74) is 0.655. The van der Waals surface area contributed by atoms with Gasteiger partial charge in [0, 0.05) is 39.3 Å². The van der Waals surface area contributed by atoms with Crippen molar-refractivity contribution in [2.24, 2.45) is 0 Å². The number of nitrogens with zero attached hydrogens (tertiary/aromatic N) is 2. The van der Waals surface area contributed by atoms with E-state index >= 15 is 0 Å². The molecule has 5 heteroatoms. The standard InChI is InChI=1S/C13H19N3O2/c1-11(17)16-7-3-6-15(8-9-16)10-13(18)12-4-2-5-14-12/h2,4-5,14H,3,6-10H2,1H3. The molecule has 1 N–H and O–H groups in total. The summed E-state index contributed by atoms with van der Waals surface area (Å²) in [7, 11) is 0. The number of ketones is 1. The fraction of sp³-hybridized carbons (Fsp3) is 0.538. The Hall–Kier alpha value is -1.62. The molecular formula is C13H19N3O2. The Morgan fingerprint density at radius 3 is 2.78 bits per heavy atom. The van der Waals surface area contributed by atoms with Crippen LogP contribution in [0.4, 0.5) is 0 Å². The first-order valence-electron chi connectivity index (χ1n) is 6.31. The number of hydrogen-bond acceptors (Lipinski definition) is 3. The summed E-state index contributed by atoms with van der Waals surface area (Å²) in [5.74, 6) is 0.226. The second-order valence-corrected chi connectivity index (χ2v) is 4.64. The molecule has 0 unspecified atom stereocenters. The molecule has 5 nitrogen and oxygen atoms in total. The molecule has 98 valence electrons. The monoisotopic (exact) mass is 249 g/mol. The normalized spacial score (nSPS) is 17.5. The molecule has 1 aliphatic rings. The molecule has 0 saturated carbocycles. The number of carbonyl (C=O) groups is 2. The Morgan fingerprint density at radius 2 is 2.11 bits per heavy atom. The number of hydrogen-bond donors (Lipinski definition) is 1. The summed E-state index contributed by atoms with van der Waals surface area (Å²) in [4.78, 5) is 30.1. The first-order valence-corrected chi connectivity index (χ1v) is 6.31. The van der Waals surface area contributed by atoms with Gasteiger partial charge in [-0.05, 0) is 18.6 Å². The van der Waals surface area contributed by atoms with Gasteiger partial charge in [0.2, 0.25) is 5.91 Å². The molecule has 0 aliphatic carbocycles. The Labute approximate surface area is 107 Å². The van der Waals surface area contributed by atoms with Crippen molar-refractivity contribution in [3.05, 3.63) is 24.0 Å². The summed E-state index contributed by atoms with van der Waals surface area (Å²) in [6.07, 6.45) is 2.69. The summed E-state index contributed by atoms with van der Waals surface area (Å²) in [6, 6.07) is 3.62. The van der Waals surface area contributed by atoms with Gasteiger partial charge in [-0.15, -0.1) is 0 Å². The zero-order valence-corrected chi connectivity index (χ0v) is 10.7. The first-order chi connectivity index (χ1) is 8.66. The maximum Gasteiger partial charge on any atom is 0.219 e. The van der Waals surface area contributed by atoms with Crippen molar-refractivity contribution in [1.82, 2.24) is 14.8 Å². The van der Waals surface area contributed by atoms with Crippen molar-refractivity contribution in [1.29, 1.82) is 0 Å². The summed E-state index contributed by atoms with van der Waals surface area (Å²) >= 11 is 0. The van der Waals surface area contributed by atoms with Gasteiger partial charge in [-0.1, -0.05) is 0 Å². The largest absolute Gasteiger partial charge is 0.359 e. The van der Waals surface area contributed by atoms with E-state index in [1.165, 1.54) is 0 Å². The molecule has 0 aromatic carbocycles. The Bertz CT molecular complexity index is 414. The van der Waals surface area contributed by atoms with Crippen LogP contribution in [-0.2, 0) is 4.79 Å². The zero-order chi connectivity index (χ0) is 13.0. The third-order valence-electron chi connectivity index (χ3n) is 3.30. The van der Waals surface area contributed by atoms with E-state index < -0.39 is 0 Å². The average molecular weight is 249 g/mol. The van der Waals surface area contributed by atoms with Gasteiger partial charge in [-0.3, -0.25) is 14.5 Å². The van der Waals surface area contributed by atoms with Crippen LogP contribution in [0.5, 0.6) is 0 Å². The molecule has 18 heavy (non-hydrogen) atoms. The maximum atomic E-state index is 11.9. The fourth-order valence-electron chi connectivity index (χ4n) is 2.24. The number of aromatic nitrogens is 1. The third-order valence-corrected chi connectivity index (χ3v) is 3.30. The van der Waals surface area contributed by atoms with Crippen LogP contribution in [0.1, 0.15) is 23.8 Å². The molecule has 0 radical (unpaired) electrons. The molecule has 1 aliphatic heterocycles. The molecular weight excluding hydrogens is 230 g/mol. The fourth-order valence-corrected chi connectivity index (χ4v) is 2.24. The van der Waals surface area contributed by atoms with Crippen molar-refractivity contribution < 1.29 is 9.59 Å².